The van der Waals surface area contributed by atoms with Gasteiger partial charge in [-0.3, -0.25) is 4.79 Å². The average Bonchev–Trinajstić information content (AvgIpc) is 3.30. The van der Waals surface area contributed by atoms with Crippen LogP contribution in [-0.2, 0) is 22.6 Å². The number of methoxy groups -OCH3 is 1. The van der Waals surface area contributed by atoms with E-state index in [1.807, 2.05) is 41.3 Å². The Kier molecular flexibility index (Phi) is 7.15. The zero-order chi connectivity index (χ0) is 24.0. The summed E-state index contributed by atoms with van der Waals surface area (Å²) in [6.07, 6.45) is 3.20. The predicted molar refractivity (Wildman–Crippen MR) is 139 cm³/mol. The molecule has 4 aromatic rings. The average molecular weight is 469 g/mol. The maximum absolute atomic E-state index is 13.1. The van der Waals surface area contributed by atoms with E-state index < -0.39 is 0 Å². The number of aromatic amines is 1. The van der Waals surface area contributed by atoms with Gasteiger partial charge in [-0.1, -0.05) is 48.5 Å². The number of benzene rings is 3. The zero-order valence-electron chi connectivity index (χ0n) is 20.2. The summed E-state index contributed by atoms with van der Waals surface area (Å²) in [5.41, 5.74) is 5.66. The molecule has 5 nitrogen and oxygen atoms in total. The lowest BCUT2D eigenvalue weighted by Crippen LogP contribution is -2.40. The minimum atomic E-state index is 0.217. The van der Waals surface area contributed by atoms with Crippen molar-refractivity contribution in [1.82, 2.24) is 9.88 Å². The Balaban J connectivity index is 1.21. The SMILES string of the molecule is COc1ccc(-c2[nH]c3ccccc3c2CCC(=O)N2CCC(OCc3ccccc3)CC2)cc1. The fourth-order valence-corrected chi connectivity index (χ4v) is 4.91. The van der Waals surface area contributed by atoms with Crippen molar-refractivity contribution in [2.45, 2.75) is 38.4 Å². The monoisotopic (exact) mass is 468 g/mol. The first kappa shape index (κ1) is 23.2. The van der Waals surface area contributed by atoms with Crippen molar-refractivity contribution in [3.05, 3.63) is 90.0 Å². The number of ether oxygens (including phenoxy) is 2. The zero-order valence-corrected chi connectivity index (χ0v) is 20.2. The Hall–Kier alpha value is -3.57. The Bertz CT molecular complexity index is 1260. The normalized spacial score (nSPS) is 14.4. The van der Waals surface area contributed by atoms with Gasteiger partial charge >= 0.3 is 0 Å². The number of nitrogens with zero attached hydrogens (tertiary/aromatic N) is 1. The molecule has 3 aromatic carbocycles. The molecular formula is C30H32N2O3. The second kappa shape index (κ2) is 10.8. The number of likely N-dealkylation sites (tertiary alicyclic amines) is 1. The number of para-hydroxylation sites is 1. The molecule has 5 rings (SSSR count). The molecule has 35 heavy (non-hydrogen) atoms. The third-order valence-corrected chi connectivity index (χ3v) is 6.90. The van der Waals surface area contributed by atoms with Crippen LogP contribution in [0.25, 0.3) is 22.2 Å². The third kappa shape index (κ3) is 5.41. The maximum Gasteiger partial charge on any atom is 0.222 e. The Morgan fingerprint density at radius 1 is 0.943 bits per heavy atom. The molecule has 0 bridgehead atoms. The standard InChI is InChI=1S/C30H32N2O3/c1-34-24-13-11-23(12-14-24)30-27(26-9-5-6-10-28(26)31-30)15-16-29(33)32-19-17-25(18-20-32)35-21-22-7-3-2-4-8-22/h2-14,25,31H,15-21H2,1H3. The van der Waals surface area contributed by atoms with Crippen LogP contribution < -0.4 is 4.74 Å². The topological polar surface area (TPSA) is 54.6 Å². The number of aromatic nitrogens is 1. The van der Waals surface area contributed by atoms with Crippen LogP contribution in [0.3, 0.4) is 0 Å². The van der Waals surface area contributed by atoms with Gasteiger partial charge in [0, 0.05) is 36.1 Å². The van der Waals surface area contributed by atoms with E-state index in [9.17, 15) is 4.79 Å². The van der Waals surface area contributed by atoms with Gasteiger partial charge < -0.3 is 19.4 Å². The van der Waals surface area contributed by atoms with Crippen molar-refractivity contribution >= 4 is 16.8 Å². The van der Waals surface area contributed by atoms with E-state index in [4.69, 9.17) is 9.47 Å². The molecular weight excluding hydrogens is 436 g/mol. The third-order valence-electron chi connectivity index (χ3n) is 6.90. The highest BCUT2D eigenvalue weighted by Crippen LogP contribution is 2.32. The molecule has 180 valence electrons. The Morgan fingerprint density at radius 3 is 2.40 bits per heavy atom. The van der Waals surface area contributed by atoms with Gasteiger partial charge in [0.15, 0.2) is 0 Å². The van der Waals surface area contributed by atoms with E-state index in [2.05, 4.69) is 47.4 Å². The summed E-state index contributed by atoms with van der Waals surface area (Å²) in [6.45, 7) is 2.16. The van der Waals surface area contributed by atoms with Crippen molar-refractivity contribution in [1.29, 1.82) is 0 Å². The van der Waals surface area contributed by atoms with Crippen molar-refractivity contribution in [3.63, 3.8) is 0 Å². The van der Waals surface area contributed by atoms with Crippen LogP contribution in [0.2, 0.25) is 0 Å². The number of H-pyrrole nitrogens is 1. The number of amides is 1. The minimum absolute atomic E-state index is 0.217. The van der Waals surface area contributed by atoms with Gasteiger partial charge in [0.2, 0.25) is 5.91 Å². The smallest absolute Gasteiger partial charge is 0.222 e. The largest absolute Gasteiger partial charge is 0.497 e. The molecule has 1 aliphatic rings. The van der Waals surface area contributed by atoms with Gasteiger partial charge in [-0.2, -0.15) is 0 Å². The van der Waals surface area contributed by atoms with Crippen molar-refractivity contribution in [2.75, 3.05) is 20.2 Å². The van der Waals surface area contributed by atoms with Gasteiger partial charge in [0.1, 0.15) is 5.75 Å². The molecule has 1 aromatic heterocycles. The number of carbonyl (C=O) groups excluding carboxylic acids is 1. The second-order valence-corrected chi connectivity index (χ2v) is 9.13. The van der Waals surface area contributed by atoms with Crippen LogP contribution in [0.5, 0.6) is 5.75 Å². The Morgan fingerprint density at radius 2 is 1.66 bits per heavy atom. The number of aryl methyl sites for hydroxylation is 1. The van der Waals surface area contributed by atoms with E-state index in [1.165, 1.54) is 16.5 Å². The van der Waals surface area contributed by atoms with E-state index in [-0.39, 0.29) is 12.0 Å². The molecule has 0 saturated carbocycles. The molecule has 0 radical (unpaired) electrons. The fourth-order valence-electron chi connectivity index (χ4n) is 4.91. The van der Waals surface area contributed by atoms with Gasteiger partial charge in [-0.25, -0.2) is 0 Å². The van der Waals surface area contributed by atoms with Crippen LogP contribution >= 0.6 is 0 Å². The maximum atomic E-state index is 13.1. The summed E-state index contributed by atoms with van der Waals surface area (Å²) in [6, 6.07) is 26.7. The van der Waals surface area contributed by atoms with E-state index in [0.717, 1.165) is 48.5 Å². The minimum Gasteiger partial charge on any atom is -0.497 e. The Labute approximate surface area is 206 Å². The highest BCUT2D eigenvalue weighted by atomic mass is 16.5. The van der Waals surface area contributed by atoms with Crippen LogP contribution in [0, 0.1) is 0 Å². The lowest BCUT2D eigenvalue weighted by molar-refractivity contribution is -0.134. The van der Waals surface area contributed by atoms with E-state index in [0.29, 0.717) is 19.4 Å². The van der Waals surface area contributed by atoms with E-state index in [1.54, 1.807) is 7.11 Å². The first-order valence-corrected chi connectivity index (χ1v) is 12.4. The highest BCUT2D eigenvalue weighted by Gasteiger charge is 2.24. The first-order valence-electron chi connectivity index (χ1n) is 12.4. The van der Waals surface area contributed by atoms with Crippen molar-refractivity contribution in [3.8, 4) is 17.0 Å². The van der Waals surface area contributed by atoms with Crippen molar-refractivity contribution in [2.24, 2.45) is 0 Å². The molecule has 1 amide bonds. The summed E-state index contributed by atoms with van der Waals surface area (Å²) < 4.78 is 11.4. The number of nitrogens with one attached hydrogen (secondary N) is 1. The fraction of sp³-hybridized carbons (Fsp3) is 0.300. The molecule has 0 aliphatic carbocycles. The number of rotatable bonds is 8. The summed E-state index contributed by atoms with van der Waals surface area (Å²) in [7, 11) is 1.67. The molecule has 0 atom stereocenters. The van der Waals surface area contributed by atoms with Gasteiger partial charge in [-0.05, 0) is 66.3 Å². The number of fused-ring (bicyclic) bond motifs is 1. The molecule has 1 aliphatic heterocycles. The molecule has 5 heteroatoms. The molecule has 0 unspecified atom stereocenters. The molecule has 1 fully saturated rings. The summed E-state index contributed by atoms with van der Waals surface area (Å²) in [5.74, 6) is 1.05. The van der Waals surface area contributed by atoms with Crippen LogP contribution in [0.15, 0.2) is 78.9 Å². The molecule has 2 heterocycles. The predicted octanol–water partition coefficient (Wildman–Crippen LogP) is 5.98. The van der Waals surface area contributed by atoms with Crippen molar-refractivity contribution < 1.29 is 14.3 Å². The number of hydrogen-bond donors (Lipinski definition) is 1. The van der Waals surface area contributed by atoms with Gasteiger partial charge in [-0.15, -0.1) is 0 Å². The quantitative estimate of drug-likeness (QED) is 0.346. The lowest BCUT2D eigenvalue weighted by atomic mass is 10.00. The molecule has 1 N–H and O–H groups in total. The number of carbonyl (C=O) groups is 1. The van der Waals surface area contributed by atoms with Gasteiger partial charge in [0.05, 0.1) is 19.8 Å². The highest BCUT2D eigenvalue weighted by molar-refractivity contribution is 5.91. The lowest BCUT2D eigenvalue weighted by Gasteiger charge is -2.32. The van der Waals surface area contributed by atoms with Crippen LogP contribution in [0.4, 0.5) is 0 Å². The first-order chi connectivity index (χ1) is 17.2. The van der Waals surface area contributed by atoms with Crippen LogP contribution in [-0.4, -0.2) is 42.1 Å². The number of hydrogen-bond acceptors (Lipinski definition) is 3. The number of piperidine rings is 1. The summed E-state index contributed by atoms with van der Waals surface area (Å²) >= 11 is 0. The summed E-state index contributed by atoms with van der Waals surface area (Å²) in [5, 5.41) is 1.18. The van der Waals surface area contributed by atoms with E-state index >= 15 is 0 Å². The second-order valence-electron chi connectivity index (χ2n) is 9.13. The van der Waals surface area contributed by atoms with Gasteiger partial charge in [0.25, 0.3) is 0 Å². The summed E-state index contributed by atoms with van der Waals surface area (Å²) in [4.78, 5) is 18.7. The van der Waals surface area contributed by atoms with Crippen LogP contribution in [0.1, 0.15) is 30.4 Å². The molecule has 0 spiro atoms. The molecule has 1 saturated heterocycles.